The van der Waals surface area contributed by atoms with E-state index in [0.29, 0.717) is 6.26 Å². The van der Waals surface area contributed by atoms with Crippen molar-refractivity contribution in [2.75, 3.05) is 32.4 Å². The molecule has 0 aromatic rings. The predicted molar refractivity (Wildman–Crippen MR) is 79.0 cm³/mol. The molecule has 0 aromatic heterocycles. The van der Waals surface area contributed by atoms with Gasteiger partial charge in [-0.15, -0.1) is 0 Å². The van der Waals surface area contributed by atoms with Gasteiger partial charge in [0.25, 0.3) is 0 Å². The molecule has 0 bridgehead atoms. The number of unbranched alkanes of at least 4 members (excludes halogenated alkanes) is 2. The Morgan fingerprint density at radius 2 is 1.47 bits per heavy atom. The zero-order chi connectivity index (χ0) is 14.8. The number of quaternary nitrogens is 1. The van der Waals surface area contributed by atoms with Gasteiger partial charge in [0.15, 0.2) is 0 Å². The second-order valence-corrected chi connectivity index (χ2v) is 7.12. The van der Waals surface area contributed by atoms with Gasteiger partial charge in [-0.05, 0) is 38.5 Å². The van der Waals surface area contributed by atoms with Crippen LogP contribution in [0.1, 0.15) is 58.8 Å². The van der Waals surface area contributed by atoms with Crippen LogP contribution in [0, 0.1) is 0 Å². The van der Waals surface area contributed by atoms with Crippen LogP contribution in [0.2, 0.25) is 0 Å². The number of nitrogens with zero attached hydrogens (tertiary/aromatic N) is 1. The minimum atomic E-state index is -3.92. The molecule has 0 N–H and O–H groups in total. The van der Waals surface area contributed by atoms with Crippen LogP contribution in [0.5, 0.6) is 0 Å². The number of piperidine rings is 1. The monoisotopic (exact) mass is 293 g/mol. The normalized spacial score (nSPS) is 18.5. The number of likely N-dealkylation sites (tertiary alicyclic amines) is 1. The van der Waals surface area contributed by atoms with Crippen LogP contribution < -0.4 is 0 Å². The standard InChI is InChI=1S/C13H28N.CH4O3S/c1-3-5-7-11-14(10-4-2)12-8-6-9-13-14;1-5(2,3)4/h3-13H2,1-2H3;1H3,(H,2,3,4)/q+1;/p-1. The van der Waals surface area contributed by atoms with Gasteiger partial charge in [-0.1, -0.05) is 20.3 Å². The molecule has 0 unspecified atom stereocenters. The van der Waals surface area contributed by atoms with Gasteiger partial charge in [0, 0.05) is 6.26 Å². The molecule has 1 heterocycles. The van der Waals surface area contributed by atoms with Crippen molar-refractivity contribution in [2.24, 2.45) is 0 Å². The summed E-state index contributed by atoms with van der Waals surface area (Å²) in [5.74, 6) is 0. The number of hydrogen-bond acceptors (Lipinski definition) is 3. The maximum atomic E-state index is 9.08. The molecule has 4 nitrogen and oxygen atoms in total. The summed E-state index contributed by atoms with van der Waals surface area (Å²) in [7, 11) is -3.92. The fourth-order valence-corrected chi connectivity index (χ4v) is 2.91. The maximum absolute atomic E-state index is 9.08. The van der Waals surface area contributed by atoms with Gasteiger partial charge in [0.1, 0.15) is 0 Å². The van der Waals surface area contributed by atoms with Crippen molar-refractivity contribution in [2.45, 2.75) is 58.8 Å². The lowest BCUT2D eigenvalue weighted by atomic mass is 10.1. The summed E-state index contributed by atoms with van der Waals surface area (Å²) in [6, 6.07) is 0. The topological polar surface area (TPSA) is 57.2 Å². The van der Waals surface area contributed by atoms with Gasteiger partial charge in [-0.3, -0.25) is 0 Å². The molecule has 5 heteroatoms. The van der Waals surface area contributed by atoms with Gasteiger partial charge in [0.2, 0.25) is 0 Å². The predicted octanol–water partition coefficient (Wildman–Crippen LogP) is 2.75. The van der Waals surface area contributed by atoms with Crippen molar-refractivity contribution in [3.63, 3.8) is 0 Å². The fraction of sp³-hybridized carbons (Fsp3) is 1.00. The quantitative estimate of drug-likeness (QED) is 0.430. The smallest absolute Gasteiger partial charge is 0.0916 e. The molecule has 1 fully saturated rings. The summed E-state index contributed by atoms with van der Waals surface area (Å²) < 4.78 is 28.7. The van der Waals surface area contributed by atoms with Crippen LogP contribution in [-0.4, -0.2) is 49.9 Å². The van der Waals surface area contributed by atoms with E-state index in [1.807, 2.05) is 0 Å². The molecule has 0 atom stereocenters. The lowest BCUT2D eigenvalue weighted by Crippen LogP contribution is -2.52. The van der Waals surface area contributed by atoms with Crippen molar-refractivity contribution in [1.29, 1.82) is 0 Å². The highest BCUT2D eigenvalue weighted by molar-refractivity contribution is 7.84. The molecule has 1 aliphatic heterocycles. The molecule has 0 saturated carbocycles. The number of rotatable bonds is 6. The molecule has 1 rings (SSSR count). The van der Waals surface area contributed by atoms with Crippen LogP contribution in [0.3, 0.4) is 0 Å². The second kappa shape index (κ2) is 9.72. The average Bonchev–Trinajstić information content (AvgIpc) is 2.29. The summed E-state index contributed by atoms with van der Waals surface area (Å²) in [5.41, 5.74) is 0. The van der Waals surface area contributed by atoms with E-state index in [-0.39, 0.29) is 0 Å². The summed E-state index contributed by atoms with van der Waals surface area (Å²) in [5, 5.41) is 0. The molecular weight excluding hydrogens is 262 g/mol. The van der Waals surface area contributed by atoms with Gasteiger partial charge >= 0.3 is 0 Å². The molecule has 0 amide bonds. The zero-order valence-electron chi connectivity index (χ0n) is 12.9. The third-order valence-corrected chi connectivity index (χ3v) is 3.70. The van der Waals surface area contributed by atoms with E-state index in [0.717, 1.165) is 0 Å². The van der Waals surface area contributed by atoms with Crippen LogP contribution in [0.4, 0.5) is 0 Å². The Morgan fingerprint density at radius 1 is 0.947 bits per heavy atom. The SMILES string of the molecule is CCCCC[N+]1(CCC)CCCCC1.CS(=O)(=O)[O-]. The molecular formula is C14H31NO3S. The van der Waals surface area contributed by atoms with Gasteiger partial charge < -0.3 is 9.04 Å². The fourth-order valence-electron chi connectivity index (χ4n) is 2.91. The van der Waals surface area contributed by atoms with Crippen LogP contribution >= 0.6 is 0 Å². The third-order valence-electron chi connectivity index (χ3n) is 3.70. The molecule has 0 radical (unpaired) electrons. The third kappa shape index (κ3) is 11.4. The second-order valence-electron chi connectivity index (χ2n) is 5.71. The van der Waals surface area contributed by atoms with E-state index in [1.165, 1.54) is 75.6 Å². The minimum absolute atomic E-state index is 0.604. The Bertz CT molecular complexity index is 295. The van der Waals surface area contributed by atoms with Crippen molar-refractivity contribution < 1.29 is 17.5 Å². The minimum Gasteiger partial charge on any atom is -0.748 e. The maximum Gasteiger partial charge on any atom is 0.0916 e. The van der Waals surface area contributed by atoms with E-state index in [1.54, 1.807) is 0 Å². The van der Waals surface area contributed by atoms with Gasteiger partial charge in [-0.25, -0.2) is 8.42 Å². The largest absolute Gasteiger partial charge is 0.748 e. The first-order valence-electron chi connectivity index (χ1n) is 7.59. The summed E-state index contributed by atoms with van der Waals surface area (Å²) in [4.78, 5) is 0. The highest BCUT2D eigenvalue weighted by atomic mass is 32.2. The summed E-state index contributed by atoms with van der Waals surface area (Å²) in [6.07, 6.45) is 10.7. The summed E-state index contributed by atoms with van der Waals surface area (Å²) in [6.45, 7) is 10.5. The highest BCUT2D eigenvalue weighted by Gasteiger charge is 2.27. The Labute approximate surface area is 119 Å². The van der Waals surface area contributed by atoms with Gasteiger partial charge in [-0.2, -0.15) is 0 Å². The summed E-state index contributed by atoms with van der Waals surface area (Å²) >= 11 is 0. The molecule has 0 spiro atoms. The lowest BCUT2D eigenvalue weighted by Gasteiger charge is -2.41. The lowest BCUT2D eigenvalue weighted by molar-refractivity contribution is -0.932. The molecule has 1 aliphatic rings. The van der Waals surface area contributed by atoms with E-state index in [4.69, 9.17) is 13.0 Å². The average molecular weight is 293 g/mol. The Hall–Kier alpha value is -0.130. The van der Waals surface area contributed by atoms with Crippen LogP contribution in [0.15, 0.2) is 0 Å². The Balaban J connectivity index is 0.000000555. The van der Waals surface area contributed by atoms with E-state index in [9.17, 15) is 0 Å². The first kappa shape index (κ1) is 18.9. The molecule has 19 heavy (non-hydrogen) atoms. The van der Waals surface area contributed by atoms with Crippen molar-refractivity contribution >= 4 is 10.1 Å². The molecule has 116 valence electrons. The molecule has 1 saturated heterocycles. The highest BCUT2D eigenvalue weighted by Crippen LogP contribution is 2.20. The first-order chi connectivity index (χ1) is 8.83. The Morgan fingerprint density at radius 3 is 1.89 bits per heavy atom. The Kier molecular flexibility index (Phi) is 9.66. The molecule has 0 aromatic carbocycles. The first-order valence-corrected chi connectivity index (χ1v) is 9.40. The van der Waals surface area contributed by atoms with E-state index < -0.39 is 10.1 Å². The zero-order valence-corrected chi connectivity index (χ0v) is 13.7. The van der Waals surface area contributed by atoms with Gasteiger partial charge in [0.05, 0.1) is 36.3 Å². The van der Waals surface area contributed by atoms with E-state index >= 15 is 0 Å². The van der Waals surface area contributed by atoms with E-state index in [2.05, 4.69) is 13.8 Å². The van der Waals surface area contributed by atoms with Crippen molar-refractivity contribution in [1.82, 2.24) is 0 Å². The van der Waals surface area contributed by atoms with Crippen LogP contribution in [0.25, 0.3) is 0 Å². The van der Waals surface area contributed by atoms with Crippen molar-refractivity contribution in [3.8, 4) is 0 Å². The van der Waals surface area contributed by atoms with Crippen LogP contribution in [-0.2, 0) is 10.1 Å². The van der Waals surface area contributed by atoms with Crippen molar-refractivity contribution in [3.05, 3.63) is 0 Å². The number of hydrogen-bond donors (Lipinski definition) is 0. The molecule has 0 aliphatic carbocycles.